The van der Waals surface area contributed by atoms with E-state index in [1.807, 2.05) is 11.3 Å². The van der Waals surface area contributed by atoms with E-state index in [1.165, 1.54) is 20.6 Å². The Balaban J connectivity index is 1.76. The first kappa shape index (κ1) is 13.3. The molecule has 0 saturated heterocycles. The molecular weight excluding hydrogens is 318 g/mol. The summed E-state index contributed by atoms with van der Waals surface area (Å²) >= 11 is 5.43. The lowest BCUT2D eigenvalue weighted by atomic mass is 10.0. The molecular formula is C16H18BrNS. The summed E-state index contributed by atoms with van der Waals surface area (Å²) in [4.78, 5) is 1.46. The Labute approximate surface area is 127 Å². The Bertz CT molecular complexity index is 537. The van der Waals surface area contributed by atoms with Crippen LogP contribution in [0.2, 0.25) is 0 Å². The van der Waals surface area contributed by atoms with E-state index in [9.17, 15) is 0 Å². The number of thiophene rings is 1. The van der Waals surface area contributed by atoms with Gasteiger partial charge in [0.2, 0.25) is 0 Å². The van der Waals surface area contributed by atoms with Crippen LogP contribution in [0.5, 0.6) is 0 Å². The molecule has 0 radical (unpaired) electrons. The van der Waals surface area contributed by atoms with E-state index in [1.54, 1.807) is 0 Å². The minimum atomic E-state index is 0.506. The standard InChI is InChI=1S/C16H18BrNS/c1-2-18-16(14-8-9-15(17)19-14)13-10-12(13)11-6-4-3-5-7-11/h3-9,12-13,16,18H,2,10H2,1H3. The van der Waals surface area contributed by atoms with E-state index in [-0.39, 0.29) is 0 Å². The molecule has 1 heterocycles. The summed E-state index contributed by atoms with van der Waals surface area (Å²) in [6.45, 7) is 3.22. The van der Waals surface area contributed by atoms with Gasteiger partial charge in [-0.25, -0.2) is 0 Å². The summed E-state index contributed by atoms with van der Waals surface area (Å²) in [5.41, 5.74) is 1.49. The fraction of sp³-hybridized carbons (Fsp3) is 0.375. The smallest absolute Gasteiger partial charge is 0.0701 e. The molecule has 0 amide bonds. The number of hydrogen-bond donors (Lipinski definition) is 1. The molecule has 1 aliphatic carbocycles. The molecule has 0 spiro atoms. The van der Waals surface area contributed by atoms with Crippen LogP contribution in [-0.2, 0) is 0 Å². The third kappa shape index (κ3) is 2.93. The first-order chi connectivity index (χ1) is 9.29. The van der Waals surface area contributed by atoms with Gasteiger partial charge in [0.15, 0.2) is 0 Å². The topological polar surface area (TPSA) is 12.0 Å². The zero-order chi connectivity index (χ0) is 13.2. The molecule has 1 nitrogen and oxygen atoms in total. The van der Waals surface area contributed by atoms with E-state index in [4.69, 9.17) is 0 Å². The Morgan fingerprint density at radius 1 is 1.26 bits per heavy atom. The quantitative estimate of drug-likeness (QED) is 0.813. The summed E-state index contributed by atoms with van der Waals surface area (Å²) < 4.78 is 1.22. The number of rotatable bonds is 5. The largest absolute Gasteiger partial charge is 0.309 e. The first-order valence-electron chi connectivity index (χ1n) is 6.83. The molecule has 100 valence electrons. The molecule has 3 heteroatoms. The van der Waals surface area contributed by atoms with Crippen molar-refractivity contribution in [2.24, 2.45) is 5.92 Å². The average molecular weight is 336 g/mol. The zero-order valence-corrected chi connectivity index (χ0v) is 13.4. The van der Waals surface area contributed by atoms with Crippen molar-refractivity contribution in [3.63, 3.8) is 0 Å². The molecule has 19 heavy (non-hydrogen) atoms. The van der Waals surface area contributed by atoms with Crippen molar-refractivity contribution in [3.8, 4) is 0 Å². The number of hydrogen-bond acceptors (Lipinski definition) is 2. The fourth-order valence-corrected chi connectivity index (χ4v) is 4.42. The van der Waals surface area contributed by atoms with Crippen LogP contribution in [0.3, 0.4) is 0 Å². The molecule has 1 aliphatic rings. The van der Waals surface area contributed by atoms with Crippen LogP contribution in [-0.4, -0.2) is 6.54 Å². The molecule has 3 unspecified atom stereocenters. The van der Waals surface area contributed by atoms with Gasteiger partial charge in [-0.1, -0.05) is 37.3 Å². The normalized spacial score (nSPS) is 23.3. The molecule has 1 saturated carbocycles. The summed E-state index contributed by atoms with van der Waals surface area (Å²) in [7, 11) is 0. The van der Waals surface area contributed by atoms with Gasteiger partial charge in [-0.3, -0.25) is 0 Å². The van der Waals surface area contributed by atoms with E-state index < -0.39 is 0 Å². The molecule has 3 rings (SSSR count). The van der Waals surface area contributed by atoms with E-state index in [2.05, 4.69) is 70.6 Å². The van der Waals surface area contributed by atoms with E-state index in [0.717, 1.165) is 18.4 Å². The van der Waals surface area contributed by atoms with Gasteiger partial charge in [0, 0.05) is 10.9 Å². The molecule has 3 atom stereocenters. The van der Waals surface area contributed by atoms with Crippen LogP contribution in [0.25, 0.3) is 0 Å². The Morgan fingerprint density at radius 3 is 2.68 bits per heavy atom. The second-order valence-corrected chi connectivity index (χ2v) is 7.59. The van der Waals surface area contributed by atoms with Crippen molar-refractivity contribution in [1.29, 1.82) is 0 Å². The van der Waals surface area contributed by atoms with Crippen LogP contribution in [0, 0.1) is 5.92 Å². The summed E-state index contributed by atoms with van der Waals surface area (Å²) in [6, 6.07) is 15.8. The third-order valence-electron chi connectivity index (χ3n) is 3.82. The van der Waals surface area contributed by atoms with Gasteiger partial charge in [0.05, 0.1) is 3.79 Å². The van der Waals surface area contributed by atoms with Gasteiger partial charge in [0.25, 0.3) is 0 Å². The molecule has 2 aromatic rings. The monoisotopic (exact) mass is 335 g/mol. The molecule has 0 aliphatic heterocycles. The highest BCUT2D eigenvalue weighted by Crippen LogP contribution is 2.54. The van der Waals surface area contributed by atoms with Crippen LogP contribution < -0.4 is 5.32 Å². The lowest BCUT2D eigenvalue weighted by Crippen LogP contribution is -2.22. The Morgan fingerprint density at radius 2 is 2.05 bits per heavy atom. The third-order valence-corrected chi connectivity index (χ3v) is 5.53. The number of nitrogens with one attached hydrogen (secondary N) is 1. The lowest BCUT2D eigenvalue weighted by molar-refractivity contribution is 0.494. The van der Waals surface area contributed by atoms with Gasteiger partial charge >= 0.3 is 0 Å². The zero-order valence-electron chi connectivity index (χ0n) is 11.0. The van der Waals surface area contributed by atoms with E-state index in [0.29, 0.717) is 6.04 Å². The van der Waals surface area contributed by atoms with Crippen molar-refractivity contribution in [3.05, 3.63) is 56.7 Å². The van der Waals surface area contributed by atoms with Crippen molar-refractivity contribution >= 4 is 27.3 Å². The van der Waals surface area contributed by atoms with Crippen LogP contribution >= 0.6 is 27.3 Å². The van der Waals surface area contributed by atoms with Crippen LogP contribution in [0.15, 0.2) is 46.3 Å². The minimum Gasteiger partial charge on any atom is -0.309 e. The van der Waals surface area contributed by atoms with E-state index >= 15 is 0 Å². The Hall–Kier alpha value is -0.640. The van der Waals surface area contributed by atoms with Crippen molar-refractivity contribution in [1.82, 2.24) is 5.32 Å². The molecule has 0 bridgehead atoms. The highest BCUT2D eigenvalue weighted by atomic mass is 79.9. The maximum Gasteiger partial charge on any atom is 0.0701 e. The van der Waals surface area contributed by atoms with Gasteiger partial charge in [0.1, 0.15) is 0 Å². The maximum absolute atomic E-state index is 3.66. The van der Waals surface area contributed by atoms with Gasteiger partial charge < -0.3 is 5.32 Å². The van der Waals surface area contributed by atoms with Gasteiger partial charge in [-0.05, 0) is 58.4 Å². The highest BCUT2D eigenvalue weighted by molar-refractivity contribution is 9.11. The average Bonchev–Trinajstić information content (AvgIpc) is 3.12. The summed E-state index contributed by atoms with van der Waals surface area (Å²) in [6.07, 6.45) is 1.30. The van der Waals surface area contributed by atoms with Gasteiger partial charge in [-0.15, -0.1) is 11.3 Å². The van der Waals surface area contributed by atoms with Gasteiger partial charge in [-0.2, -0.15) is 0 Å². The second-order valence-electron chi connectivity index (χ2n) is 5.09. The molecule has 1 aromatic carbocycles. The molecule has 1 fully saturated rings. The number of benzene rings is 1. The summed E-state index contributed by atoms with van der Waals surface area (Å²) in [5.74, 6) is 1.47. The first-order valence-corrected chi connectivity index (χ1v) is 8.44. The maximum atomic E-state index is 3.66. The molecule has 1 aromatic heterocycles. The van der Waals surface area contributed by atoms with Crippen molar-refractivity contribution < 1.29 is 0 Å². The van der Waals surface area contributed by atoms with Crippen molar-refractivity contribution in [2.75, 3.05) is 6.54 Å². The van der Waals surface area contributed by atoms with Crippen LogP contribution in [0.4, 0.5) is 0 Å². The fourth-order valence-electron chi connectivity index (χ4n) is 2.84. The summed E-state index contributed by atoms with van der Waals surface area (Å²) in [5, 5.41) is 3.66. The predicted molar refractivity (Wildman–Crippen MR) is 85.7 cm³/mol. The van der Waals surface area contributed by atoms with Crippen LogP contribution in [0.1, 0.15) is 35.7 Å². The number of halogens is 1. The second kappa shape index (κ2) is 5.78. The SMILES string of the molecule is CCNC(c1ccc(Br)s1)C1CC1c1ccccc1. The molecule has 1 N–H and O–H groups in total. The Kier molecular flexibility index (Phi) is 4.06. The lowest BCUT2D eigenvalue weighted by Gasteiger charge is -2.16. The van der Waals surface area contributed by atoms with Crippen molar-refractivity contribution in [2.45, 2.75) is 25.3 Å². The predicted octanol–water partition coefficient (Wildman–Crippen LogP) is 4.96. The minimum absolute atomic E-state index is 0.506. The highest BCUT2D eigenvalue weighted by Gasteiger charge is 2.44.